The first-order valence-corrected chi connectivity index (χ1v) is 7.73. The van der Waals surface area contributed by atoms with E-state index in [4.69, 9.17) is 11.6 Å². The van der Waals surface area contributed by atoms with Gasteiger partial charge in [0.2, 0.25) is 0 Å². The molecule has 1 aromatic carbocycles. The van der Waals surface area contributed by atoms with Gasteiger partial charge >= 0.3 is 0 Å². The van der Waals surface area contributed by atoms with Gasteiger partial charge in [-0.2, -0.15) is 5.10 Å². The Morgan fingerprint density at radius 3 is 3.04 bits per heavy atom. The number of hydrogen-bond donors (Lipinski definition) is 2. The summed E-state index contributed by atoms with van der Waals surface area (Å²) >= 11 is 9.67. The van der Waals surface area contributed by atoms with E-state index in [0.29, 0.717) is 16.4 Å². The van der Waals surface area contributed by atoms with Crippen molar-refractivity contribution in [3.05, 3.63) is 52.2 Å². The van der Waals surface area contributed by atoms with Crippen LogP contribution in [0.15, 0.2) is 41.5 Å². The monoisotopic (exact) mass is 390 g/mol. The number of aromatic amines is 1. The van der Waals surface area contributed by atoms with Gasteiger partial charge in [-0.3, -0.25) is 14.3 Å². The topological polar surface area (TPSA) is 88.0 Å². The second-order valence-electron chi connectivity index (χ2n) is 4.76. The number of aromatic nitrogens is 5. The number of carbonyl (C=O) groups excluding carboxylic acids is 1. The van der Waals surface area contributed by atoms with Crippen LogP contribution in [0.25, 0.3) is 16.6 Å². The third-order valence-electron chi connectivity index (χ3n) is 3.40. The number of rotatable bonds is 2. The Kier molecular flexibility index (Phi) is 3.28. The number of nitrogens with one attached hydrogen (secondary N) is 2. The first kappa shape index (κ1) is 14.2. The summed E-state index contributed by atoms with van der Waals surface area (Å²) in [6.07, 6.45) is 6.47. The van der Waals surface area contributed by atoms with Crippen LogP contribution in [0.1, 0.15) is 10.5 Å². The summed E-state index contributed by atoms with van der Waals surface area (Å²) in [6, 6.07) is 3.51. The van der Waals surface area contributed by atoms with Gasteiger partial charge in [0, 0.05) is 17.8 Å². The van der Waals surface area contributed by atoms with Crippen LogP contribution in [-0.4, -0.2) is 30.5 Å². The molecule has 0 atom stereocenters. The third-order valence-corrected chi connectivity index (χ3v) is 4.40. The van der Waals surface area contributed by atoms with Gasteiger partial charge in [0.25, 0.3) is 5.91 Å². The van der Waals surface area contributed by atoms with E-state index in [1.807, 2.05) is 0 Å². The van der Waals surface area contributed by atoms with E-state index < -0.39 is 5.91 Å². The van der Waals surface area contributed by atoms with Crippen LogP contribution in [0.5, 0.6) is 0 Å². The number of anilines is 1. The second kappa shape index (κ2) is 5.32. The normalized spacial score (nSPS) is 11.2. The molecule has 0 unspecified atom stereocenters. The van der Waals surface area contributed by atoms with Crippen molar-refractivity contribution in [3.8, 4) is 0 Å². The van der Waals surface area contributed by atoms with Gasteiger partial charge in [-0.25, -0.2) is 9.97 Å². The summed E-state index contributed by atoms with van der Waals surface area (Å²) in [7, 11) is 0. The quantitative estimate of drug-likeness (QED) is 0.549. The van der Waals surface area contributed by atoms with E-state index in [1.54, 1.807) is 35.1 Å². The highest BCUT2D eigenvalue weighted by Crippen LogP contribution is 2.30. The van der Waals surface area contributed by atoms with Crippen molar-refractivity contribution in [2.75, 3.05) is 5.32 Å². The number of fused-ring (bicyclic) bond motifs is 2. The Labute approximate surface area is 142 Å². The lowest BCUT2D eigenvalue weighted by Crippen LogP contribution is -2.15. The molecule has 9 heteroatoms. The summed E-state index contributed by atoms with van der Waals surface area (Å²) in [4.78, 5) is 20.8. The van der Waals surface area contributed by atoms with Gasteiger partial charge < -0.3 is 5.32 Å². The van der Waals surface area contributed by atoms with Crippen molar-refractivity contribution in [2.24, 2.45) is 0 Å². The third kappa shape index (κ3) is 2.27. The molecule has 0 bridgehead atoms. The molecule has 0 spiro atoms. The Morgan fingerprint density at radius 2 is 2.17 bits per heavy atom. The van der Waals surface area contributed by atoms with E-state index in [-0.39, 0.29) is 5.69 Å². The Hall–Kier alpha value is -2.45. The van der Waals surface area contributed by atoms with Crippen LogP contribution in [0.2, 0.25) is 5.02 Å². The minimum absolute atomic E-state index is 0.210. The summed E-state index contributed by atoms with van der Waals surface area (Å²) < 4.78 is 2.46. The summed E-state index contributed by atoms with van der Waals surface area (Å²) in [5, 5.41) is 10.7. The van der Waals surface area contributed by atoms with Crippen molar-refractivity contribution in [1.82, 2.24) is 24.6 Å². The number of carbonyl (C=O) groups is 1. The van der Waals surface area contributed by atoms with Crippen molar-refractivity contribution in [3.63, 3.8) is 0 Å². The fraction of sp³-hybridized carbons (Fsp3) is 0. The maximum atomic E-state index is 12.5. The highest BCUT2D eigenvalue weighted by molar-refractivity contribution is 9.10. The molecule has 23 heavy (non-hydrogen) atoms. The second-order valence-corrected chi connectivity index (χ2v) is 5.95. The molecule has 1 amide bonds. The zero-order valence-corrected chi connectivity index (χ0v) is 13.8. The number of hydrogen-bond acceptors (Lipinski definition) is 4. The molecule has 2 N–H and O–H groups in total. The van der Waals surface area contributed by atoms with Crippen LogP contribution in [0.4, 0.5) is 5.69 Å². The van der Waals surface area contributed by atoms with Crippen molar-refractivity contribution in [1.29, 1.82) is 0 Å². The fourth-order valence-electron chi connectivity index (χ4n) is 2.31. The minimum Gasteiger partial charge on any atom is -0.319 e. The predicted molar refractivity (Wildman–Crippen MR) is 89.7 cm³/mol. The number of nitrogens with zero attached hydrogens (tertiary/aromatic N) is 4. The van der Waals surface area contributed by atoms with E-state index in [1.165, 1.54) is 6.20 Å². The van der Waals surface area contributed by atoms with Crippen LogP contribution in [0, 0.1) is 0 Å². The number of imidazole rings is 1. The molecule has 0 radical (unpaired) electrons. The maximum Gasteiger partial charge on any atom is 0.278 e. The Bertz CT molecular complexity index is 1060. The molecule has 0 aliphatic carbocycles. The number of H-pyrrole nitrogens is 1. The fourth-order valence-corrected chi connectivity index (χ4v) is 2.96. The molecular formula is C14H8BrClN6O. The van der Waals surface area contributed by atoms with Crippen LogP contribution >= 0.6 is 27.5 Å². The van der Waals surface area contributed by atoms with Crippen LogP contribution in [-0.2, 0) is 0 Å². The molecule has 0 saturated carbocycles. The van der Waals surface area contributed by atoms with Crippen LogP contribution < -0.4 is 5.32 Å². The average molecular weight is 392 g/mol. The van der Waals surface area contributed by atoms with E-state index >= 15 is 0 Å². The van der Waals surface area contributed by atoms with E-state index in [2.05, 4.69) is 41.4 Å². The standard InChI is InChI=1S/C14H8BrClN6O/c15-10-6-18-13-12(17-3-4-22(10)13)14(23)20-9-2-1-8-7(11(9)16)5-19-21-8/h1-6H,(H,19,21)(H,20,23). The smallest absolute Gasteiger partial charge is 0.278 e. The highest BCUT2D eigenvalue weighted by atomic mass is 79.9. The van der Waals surface area contributed by atoms with Crippen LogP contribution in [0.3, 0.4) is 0 Å². The minimum atomic E-state index is -0.390. The molecule has 114 valence electrons. The first-order chi connectivity index (χ1) is 11.1. The number of benzene rings is 1. The Balaban J connectivity index is 1.75. The van der Waals surface area contributed by atoms with Gasteiger partial charge in [-0.05, 0) is 28.1 Å². The van der Waals surface area contributed by atoms with Gasteiger partial charge in [0.15, 0.2) is 11.3 Å². The lowest BCUT2D eigenvalue weighted by Gasteiger charge is -2.08. The molecule has 0 aliphatic rings. The van der Waals surface area contributed by atoms with Crippen molar-refractivity contribution in [2.45, 2.75) is 0 Å². The van der Waals surface area contributed by atoms with E-state index in [0.717, 1.165) is 15.5 Å². The molecule has 7 nitrogen and oxygen atoms in total. The van der Waals surface area contributed by atoms with Crippen molar-refractivity contribution < 1.29 is 4.79 Å². The maximum absolute atomic E-state index is 12.5. The lowest BCUT2D eigenvalue weighted by molar-refractivity contribution is 0.102. The number of halogens is 2. The lowest BCUT2D eigenvalue weighted by atomic mass is 10.2. The van der Waals surface area contributed by atoms with Gasteiger partial charge in [-0.1, -0.05) is 11.6 Å². The molecule has 3 aromatic heterocycles. The summed E-state index contributed by atoms with van der Waals surface area (Å²) in [6.45, 7) is 0. The predicted octanol–water partition coefficient (Wildman–Crippen LogP) is 3.27. The SMILES string of the molecule is O=C(Nc1ccc2[nH]ncc2c1Cl)c1nccn2c(Br)cnc12. The summed E-state index contributed by atoms with van der Waals surface area (Å²) in [5.74, 6) is -0.390. The van der Waals surface area contributed by atoms with Crippen molar-refractivity contribution >= 4 is 55.7 Å². The largest absolute Gasteiger partial charge is 0.319 e. The molecular weight excluding hydrogens is 384 g/mol. The molecule has 0 aliphatic heterocycles. The zero-order chi connectivity index (χ0) is 16.0. The molecule has 3 heterocycles. The zero-order valence-electron chi connectivity index (χ0n) is 11.4. The molecule has 0 saturated heterocycles. The summed E-state index contributed by atoms with van der Waals surface area (Å²) in [5.41, 5.74) is 1.95. The number of amides is 1. The van der Waals surface area contributed by atoms with E-state index in [9.17, 15) is 4.79 Å². The highest BCUT2D eigenvalue weighted by Gasteiger charge is 2.17. The molecule has 4 rings (SSSR count). The molecule has 0 fully saturated rings. The average Bonchev–Trinajstić information content (AvgIpc) is 3.17. The molecule has 4 aromatic rings. The Morgan fingerprint density at radius 1 is 1.30 bits per heavy atom. The van der Waals surface area contributed by atoms with Gasteiger partial charge in [0.05, 0.1) is 28.6 Å². The van der Waals surface area contributed by atoms with Gasteiger partial charge in [-0.15, -0.1) is 0 Å². The first-order valence-electron chi connectivity index (χ1n) is 6.55. The van der Waals surface area contributed by atoms with Gasteiger partial charge in [0.1, 0.15) is 4.60 Å².